The lowest BCUT2D eigenvalue weighted by molar-refractivity contribution is -0.386. The quantitative estimate of drug-likeness (QED) is 0.481. The standard InChI is InChI=1S/C11H10F3NO4/c1-3-19-10-4-7(6(2)16)8(11(12,13)14)5-9(10)15(17)18/h4-5H,3H2,1-2H3. The molecule has 1 rings (SSSR count). The van der Waals surface area contributed by atoms with Gasteiger partial charge in [0.15, 0.2) is 11.5 Å². The van der Waals surface area contributed by atoms with E-state index < -0.39 is 33.7 Å². The van der Waals surface area contributed by atoms with Crippen molar-refractivity contribution >= 4 is 11.5 Å². The smallest absolute Gasteiger partial charge is 0.417 e. The van der Waals surface area contributed by atoms with Gasteiger partial charge in [0.25, 0.3) is 0 Å². The molecule has 0 atom stereocenters. The zero-order valence-corrected chi connectivity index (χ0v) is 10.1. The van der Waals surface area contributed by atoms with Crippen molar-refractivity contribution < 1.29 is 27.6 Å². The van der Waals surface area contributed by atoms with Crippen LogP contribution in [0.5, 0.6) is 5.75 Å². The van der Waals surface area contributed by atoms with Crippen LogP contribution in [0.2, 0.25) is 0 Å². The Morgan fingerprint density at radius 1 is 1.42 bits per heavy atom. The number of carbonyl (C=O) groups is 1. The van der Waals surface area contributed by atoms with E-state index in [9.17, 15) is 28.1 Å². The number of rotatable bonds is 4. The number of hydrogen-bond acceptors (Lipinski definition) is 4. The van der Waals surface area contributed by atoms with E-state index in [-0.39, 0.29) is 12.4 Å². The van der Waals surface area contributed by atoms with Gasteiger partial charge in [-0.05, 0) is 19.9 Å². The highest BCUT2D eigenvalue weighted by atomic mass is 19.4. The van der Waals surface area contributed by atoms with Gasteiger partial charge in [0, 0.05) is 11.6 Å². The molecule has 0 heterocycles. The van der Waals surface area contributed by atoms with Crippen LogP contribution >= 0.6 is 0 Å². The molecule has 1 aromatic carbocycles. The third kappa shape index (κ3) is 3.21. The van der Waals surface area contributed by atoms with E-state index in [4.69, 9.17) is 4.74 Å². The molecule has 0 aromatic heterocycles. The fourth-order valence-electron chi connectivity index (χ4n) is 1.51. The molecular weight excluding hydrogens is 267 g/mol. The molecule has 19 heavy (non-hydrogen) atoms. The van der Waals surface area contributed by atoms with Crippen LogP contribution in [0.15, 0.2) is 12.1 Å². The van der Waals surface area contributed by atoms with Crippen LogP contribution in [-0.4, -0.2) is 17.3 Å². The monoisotopic (exact) mass is 277 g/mol. The van der Waals surface area contributed by atoms with Gasteiger partial charge in [0.2, 0.25) is 0 Å². The number of nitrogens with zero attached hydrogens (tertiary/aromatic N) is 1. The molecule has 1 aromatic rings. The van der Waals surface area contributed by atoms with E-state index in [0.717, 1.165) is 13.0 Å². The maximum Gasteiger partial charge on any atom is 0.417 e. The third-order valence-corrected chi connectivity index (χ3v) is 2.28. The maximum absolute atomic E-state index is 12.8. The number of halogens is 3. The van der Waals surface area contributed by atoms with Gasteiger partial charge in [-0.15, -0.1) is 0 Å². The van der Waals surface area contributed by atoms with E-state index >= 15 is 0 Å². The molecule has 0 bridgehead atoms. The second-order valence-electron chi connectivity index (χ2n) is 3.61. The van der Waals surface area contributed by atoms with E-state index in [1.54, 1.807) is 0 Å². The predicted octanol–water partition coefficient (Wildman–Crippen LogP) is 3.21. The summed E-state index contributed by atoms with van der Waals surface area (Å²) in [6, 6.07) is 1.08. The number of benzene rings is 1. The lowest BCUT2D eigenvalue weighted by Gasteiger charge is -2.13. The molecule has 0 aliphatic carbocycles. The Kier molecular flexibility index (Phi) is 4.13. The number of nitro groups is 1. The molecule has 0 amide bonds. The van der Waals surface area contributed by atoms with E-state index in [1.807, 2.05) is 0 Å². The van der Waals surface area contributed by atoms with Crippen molar-refractivity contribution in [2.24, 2.45) is 0 Å². The number of ketones is 1. The van der Waals surface area contributed by atoms with Gasteiger partial charge in [-0.2, -0.15) is 13.2 Å². The van der Waals surface area contributed by atoms with Gasteiger partial charge in [-0.3, -0.25) is 14.9 Å². The minimum Gasteiger partial charge on any atom is -0.487 e. The lowest BCUT2D eigenvalue weighted by atomic mass is 10.0. The number of ether oxygens (including phenoxy) is 1. The Labute approximate surface area is 106 Å². The summed E-state index contributed by atoms with van der Waals surface area (Å²) in [6.45, 7) is 2.50. The second-order valence-corrected chi connectivity index (χ2v) is 3.61. The summed E-state index contributed by atoms with van der Waals surface area (Å²) >= 11 is 0. The zero-order chi connectivity index (χ0) is 14.8. The van der Waals surface area contributed by atoms with Crippen LogP contribution in [0.25, 0.3) is 0 Å². The van der Waals surface area contributed by atoms with Gasteiger partial charge in [-0.1, -0.05) is 0 Å². The molecule has 8 heteroatoms. The summed E-state index contributed by atoms with van der Waals surface area (Å²) in [7, 11) is 0. The van der Waals surface area contributed by atoms with Gasteiger partial charge in [0.05, 0.1) is 17.1 Å². The Balaban J connectivity index is 3.60. The van der Waals surface area contributed by atoms with Crippen molar-refractivity contribution in [1.29, 1.82) is 0 Å². The molecular formula is C11H10F3NO4. The van der Waals surface area contributed by atoms with Crippen molar-refractivity contribution in [3.8, 4) is 5.75 Å². The predicted molar refractivity (Wildman–Crippen MR) is 59.3 cm³/mol. The summed E-state index contributed by atoms with van der Waals surface area (Å²) in [5.74, 6) is -1.20. The van der Waals surface area contributed by atoms with Gasteiger partial charge in [0.1, 0.15) is 0 Å². The highest BCUT2D eigenvalue weighted by molar-refractivity contribution is 5.96. The van der Waals surface area contributed by atoms with Crippen LogP contribution in [0.3, 0.4) is 0 Å². The molecule has 5 nitrogen and oxygen atoms in total. The number of carbonyl (C=O) groups excluding carboxylic acids is 1. The molecule has 104 valence electrons. The maximum atomic E-state index is 12.8. The Morgan fingerprint density at radius 3 is 2.37 bits per heavy atom. The number of hydrogen-bond donors (Lipinski definition) is 0. The Hall–Kier alpha value is -2.12. The zero-order valence-electron chi connectivity index (χ0n) is 10.1. The first-order valence-electron chi connectivity index (χ1n) is 5.21. The molecule has 0 aliphatic rings. The normalized spacial score (nSPS) is 11.2. The molecule has 0 aliphatic heterocycles. The molecule has 0 saturated carbocycles. The minimum absolute atomic E-state index is 0.0313. The van der Waals surface area contributed by atoms with Crippen molar-refractivity contribution in [3.05, 3.63) is 33.4 Å². The number of nitro benzene ring substituents is 1. The largest absolute Gasteiger partial charge is 0.487 e. The van der Waals surface area contributed by atoms with Crippen molar-refractivity contribution in [3.63, 3.8) is 0 Å². The highest BCUT2D eigenvalue weighted by Crippen LogP contribution is 2.39. The molecule has 0 unspecified atom stereocenters. The SMILES string of the molecule is CCOc1cc(C(C)=O)c(C(F)(F)F)cc1[N+](=O)[O-]. The van der Waals surface area contributed by atoms with Crippen LogP contribution < -0.4 is 4.74 Å². The van der Waals surface area contributed by atoms with E-state index in [1.165, 1.54) is 6.92 Å². The minimum atomic E-state index is -4.85. The number of alkyl halides is 3. The van der Waals surface area contributed by atoms with Crippen molar-refractivity contribution in [2.45, 2.75) is 20.0 Å². The third-order valence-electron chi connectivity index (χ3n) is 2.28. The Morgan fingerprint density at radius 2 is 2.00 bits per heavy atom. The Bertz CT molecular complexity index is 525. The summed E-state index contributed by atoms with van der Waals surface area (Å²) in [4.78, 5) is 21.0. The van der Waals surface area contributed by atoms with Crippen LogP contribution in [0.1, 0.15) is 29.8 Å². The summed E-state index contributed by atoms with van der Waals surface area (Å²) in [5, 5.41) is 10.7. The molecule has 0 fully saturated rings. The van der Waals surface area contributed by atoms with Crippen molar-refractivity contribution in [1.82, 2.24) is 0 Å². The fourth-order valence-corrected chi connectivity index (χ4v) is 1.51. The topological polar surface area (TPSA) is 69.4 Å². The van der Waals surface area contributed by atoms with E-state index in [2.05, 4.69) is 0 Å². The van der Waals surface area contributed by atoms with Crippen molar-refractivity contribution in [2.75, 3.05) is 6.61 Å². The number of Topliss-reactive ketones (excluding diaryl/α,β-unsaturated/α-hetero) is 1. The molecule has 0 spiro atoms. The molecule has 0 radical (unpaired) electrons. The first-order valence-corrected chi connectivity index (χ1v) is 5.21. The summed E-state index contributed by atoms with van der Waals surface area (Å²) in [6.07, 6.45) is -4.85. The first-order chi connectivity index (χ1) is 8.68. The molecule has 0 N–H and O–H groups in total. The van der Waals surface area contributed by atoms with Crippen LogP contribution in [0.4, 0.5) is 18.9 Å². The second kappa shape index (κ2) is 5.25. The van der Waals surface area contributed by atoms with Gasteiger partial charge in [-0.25, -0.2) is 0 Å². The highest BCUT2D eigenvalue weighted by Gasteiger charge is 2.37. The van der Waals surface area contributed by atoms with Crippen LogP contribution in [-0.2, 0) is 6.18 Å². The van der Waals surface area contributed by atoms with Gasteiger partial charge >= 0.3 is 11.9 Å². The summed E-state index contributed by atoms with van der Waals surface area (Å²) in [5.41, 5.74) is -2.81. The fraction of sp³-hybridized carbons (Fsp3) is 0.364. The van der Waals surface area contributed by atoms with E-state index in [0.29, 0.717) is 6.07 Å². The average molecular weight is 277 g/mol. The van der Waals surface area contributed by atoms with Crippen LogP contribution in [0, 0.1) is 10.1 Å². The summed E-state index contributed by atoms with van der Waals surface area (Å²) < 4.78 is 43.2. The lowest BCUT2D eigenvalue weighted by Crippen LogP contribution is -2.13. The average Bonchev–Trinajstić information content (AvgIpc) is 2.26. The first kappa shape index (κ1) is 14.9. The van der Waals surface area contributed by atoms with Gasteiger partial charge < -0.3 is 4.74 Å². The molecule has 0 saturated heterocycles.